The van der Waals surface area contributed by atoms with Crippen molar-refractivity contribution in [3.05, 3.63) is 47.0 Å². The number of nitrogens with two attached hydrogens (primary N) is 1. The molecule has 30 heavy (non-hydrogen) atoms. The first-order valence-corrected chi connectivity index (χ1v) is 9.61. The van der Waals surface area contributed by atoms with Crippen molar-refractivity contribution in [2.45, 2.75) is 33.8 Å². The Morgan fingerprint density at radius 1 is 1.03 bits per heavy atom. The van der Waals surface area contributed by atoms with E-state index in [4.69, 9.17) is 25.1 Å². The fourth-order valence-electron chi connectivity index (χ4n) is 2.89. The molecule has 4 N–H and O–H groups in total. The van der Waals surface area contributed by atoms with Crippen LogP contribution in [0.4, 0.5) is 5.69 Å². The highest BCUT2D eigenvalue weighted by Crippen LogP contribution is 2.29. The SMILES string of the molecule is Cc1cc(C(=O)Nc2cc(OCC(=O)O)cc(OC(C)C)c2)cc(C)c1OCCN. The van der Waals surface area contributed by atoms with Gasteiger partial charge in [0.15, 0.2) is 6.61 Å². The number of carbonyl (C=O) groups is 2. The van der Waals surface area contributed by atoms with Gasteiger partial charge in [-0.3, -0.25) is 4.79 Å². The first kappa shape index (κ1) is 23.0. The smallest absolute Gasteiger partial charge is 0.341 e. The number of ether oxygens (including phenoxy) is 3. The summed E-state index contributed by atoms with van der Waals surface area (Å²) in [4.78, 5) is 23.6. The lowest BCUT2D eigenvalue weighted by Gasteiger charge is -2.15. The molecule has 0 heterocycles. The fraction of sp³-hybridized carbons (Fsp3) is 0.364. The maximum absolute atomic E-state index is 12.8. The van der Waals surface area contributed by atoms with Crippen molar-refractivity contribution in [1.29, 1.82) is 0 Å². The summed E-state index contributed by atoms with van der Waals surface area (Å²) in [6, 6.07) is 8.27. The van der Waals surface area contributed by atoms with Crippen molar-refractivity contribution in [2.75, 3.05) is 25.1 Å². The first-order chi connectivity index (χ1) is 14.2. The van der Waals surface area contributed by atoms with Crippen molar-refractivity contribution in [3.63, 3.8) is 0 Å². The number of carboxylic acids is 1. The molecule has 1 amide bonds. The highest BCUT2D eigenvalue weighted by molar-refractivity contribution is 6.04. The van der Waals surface area contributed by atoms with E-state index in [1.165, 1.54) is 0 Å². The summed E-state index contributed by atoms with van der Waals surface area (Å²) in [7, 11) is 0. The monoisotopic (exact) mass is 416 g/mol. The molecule has 0 unspecified atom stereocenters. The molecule has 0 radical (unpaired) electrons. The van der Waals surface area contributed by atoms with Crippen LogP contribution < -0.4 is 25.3 Å². The lowest BCUT2D eigenvalue weighted by molar-refractivity contribution is -0.139. The molecular weight excluding hydrogens is 388 g/mol. The van der Waals surface area contributed by atoms with Gasteiger partial charge < -0.3 is 30.4 Å². The molecule has 0 saturated carbocycles. The van der Waals surface area contributed by atoms with Gasteiger partial charge in [-0.1, -0.05) is 0 Å². The average molecular weight is 416 g/mol. The Kier molecular flexibility index (Phi) is 8.06. The summed E-state index contributed by atoms with van der Waals surface area (Å²) in [6.45, 7) is 7.76. The number of amides is 1. The summed E-state index contributed by atoms with van der Waals surface area (Å²) in [5.41, 5.74) is 8.04. The molecular formula is C22H28N2O6. The fourth-order valence-corrected chi connectivity index (χ4v) is 2.89. The summed E-state index contributed by atoms with van der Waals surface area (Å²) in [5.74, 6) is 0.0367. The van der Waals surface area contributed by atoms with Gasteiger partial charge in [-0.15, -0.1) is 0 Å². The molecule has 162 valence electrons. The molecule has 8 nitrogen and oxygen atoms in total. The van der Waals surface area contributed by atoms with Gasteiger partial charge in [-0.2, -0.15) is 0 Å². The zero-order chi connectivity index (χ0) is 22.3. The Hall–Kier alpha value is -3.26. The summed E-state index contributed by atoms with van der Waals surface area (Å²) in [6.07, 6.45) is -0.102. The van der Waals surface area contributed by atoms with Gasteiger partial charge in [-0.25, -0.2) is 4.79 Å². The number of hydrogen-bond acceptors (Lipinski definition) is 6. The van der Waals surface area contributed by atoms with E-state index < -0.39 is 12.6 Å². The van der Waals surface area contributed by atoms with E-state index in [1.54, 1.807) is 30.3 Å². The Bertz CT molecular complexity index is 887. The minimum absolute atomic E-state index is 0.102. The number of aryl methyl sites for hydroxylation is 2. The molecule has 0 aliphatic carbocycles. The third-order valence-corrected chi connectivity index (χ3v) is 3.96. The van der Waals surface area contributed by atoms with Crippen molar-refractivity contribution in [3.8, 4) is 17.2 Å². The van der Waals surface area contributed by atoms with Crippen LogP contribution in [0, 0.1) is 13.8 Å². The van der Waals surface area contributed by atoms with Crippen molar-refractivity contribution in [2.24, 2.45) is 5.73 Å². The third kappa shape index (κ3) is 6.66. The number of benzene rings is 2. The average Bonchev–Trinajstić information content (AvgIpc) is 2.65. The number of rotatable bonds is 10. The second-order valence-corrected chi connectivity index (χ2v) is 7.07. The molecule has 2 aromatic carbocycles. The van der Waals surface area contributed by atoms with Crippen molar-refractivity contribution >= 4 is 17.6 Å². The molecule has 0 bridgehead atoms. The second kappa shape index (κ2) is 10.5. The van der Waals surface area contributed by atoms with E-state index in [9.17, 15) is 9.59 Å². The standard InChI is InChI=1S/C22H28N2O6/c1-13(2)30-19-10-17(9-18(11-19)29-12-20(25)26)24-22(27)16-7-14(3)21(15(4)8-16)28-6-5-23/h7-11,13H,5-6,12,23H2,1-4H3,(H,24,27)(H,25,26). The zero-order valence-corrected chi connectivity index (χ0v) is 17.7. The molecule has 2 aromatic rings. The molecule has 0 spiro atoms. The summed E-state index contributed by atoms with van der Waals surface area (Å²) >= 11 is 0. The van der Waals surface area contributed by atoms with Crippen LogP contribution in [-0.2, 0) is 4.79 Å². The molecule has 0 aliphatic heterocycles. The highest BCUT2D eigenvalue weighted by atomic mass is 16.5. The van der Waals surface area contributed by atoms with E-state index in [0.717, 1.165) is 11.1 Å². The normalized spacial score (nSPS) is 10.6. The maximum atomic E-state index is 12.8. The lowest BCUT2D eigenvalue weighted by Crippen LogP contribution is -2.15. The maximum Gasteiger partial charge on any atom is 0.341 e. The van der Waals surface area contributed by atoms with Crippen LogP contribution in [0.15, 0.2) is 30.3 Å². The Morgan fingerprint density at radius 3 is 2.23 bits per heavy atom. The summed E-state index contributed by atoms with van der Waals surface area (Å²) in [5, 5.41) is 11.6. The van der Waals surface area contributed by atoms with Crippen LogP contribution in [0.2, 0.25) is 0 Å². The predicted octanol–water partition coefficient (Wildman–Crippen LogP) is 3.14. The Labute approximate surface area is 175 Å². The van der Waals surface area contributed by atoms with E-state index in [1.807, 2.05) is 27.7 Å². The zero-order valence-electron chi connectivity index (χ0n) is 17.7. The van der Waals surface area contributed by atoms with Crippen LogP contribution in [-0.4, -0.2) is 42.8 Å². The number of carboxylic acid groups (broad SMARTS) is 1. The van der Waals surface area contributed by atoms with Gasteiger partial charge in [0.1, 0.15) is 23.9 Å². The van der Waals surface area contributed by atoms with Gasteiger partial charge in [0.2, 0.25) is 0 Å². The largest absolute Gasteiger partial charge is 0.492 e. The molecule has 0 fully saturated rings. The van der Waals surface area contributed by atoms with Crippen LogP contribution in [0.25, 0.3) is 0 Å². The van der Waals surface area contributed by atoms with E-state index in [0.29, 0.717) is 35.9 Å². The Morgan fingerprint density at radius 2 is 1.67 bits per heavy atom. The van der Waals surface area contributed by atoms with Crippen LogP contribution in [0.1, 0.15) is 35.3 Å². The lowest BCUT2D eigenvalue weighted by atomic mass is 10.0. The first-order valence-electron chi connectivity index (χ1n) is 9.61. The van der Waals surface area contributed by atoms with E-state index in [-0.39, 0.29) is 17.8 Å². The number of nitrogens with one attached hydrogen (secondary N) is 1. The van der Waals surface area contributed by atoms with Gasteiger partial charge in [-0.05, 0) is 51.0 Å². The predicted molar refractivity (Wildman–Crippen MR) is 114 cm³/mol. The number of aliphatic carboxylic acids is 1. The van der Waals surface area contributed by atoms with Gasteiger partial charge in [0, 0.05) is 36.0 Å². The highest BCUT2D eigenvalue weighted by Gasteiger charge is 2.14. The molecule has 0 aliphatic rings. The van der Waals surface area contributed by atoms with Gasteiger partial charge >= 0.3 is 5.97 Å². The molecule has 0 aromatic heterocycles. The van der Waals surface area contributed by atoms with Crippen LogP contribution >= 0.6 is 0 Å². The van der Waals surface area contributed by atoms with Crippen molar-refractivity contribution < 1.29 is 28.9 Å². The van der Waals surface area contributed by atoms with Gasteiger partial charge in [0.05, 0.1) is 6.10 Å². The van der Waals surface area contributed by atoms with Crippen LogP contribution in [0.5, 0.6) is 17.2 Å². The molecule has 0 saturated heterocycles. The van der Waals surface area contributed by atoms with Gasteiger partial charge in [0.25, 0.3) is 5.91 Å². The number of anilines is 1. The molecule has 8 heteroatoms. The van der Waals surface area contributed by atoms with Crippen molar-refractivity contribution in [1.82, 2.24) is 0 Å². The third-order valence-electron chi connectivity index (χ3n) is 3.96. The molecule has 0 atom stereocenters. The van der Waals surface area contributed by atoms with Crippen LogP contribution in [0.3, 0.4) is 0 Å². The molecule has 2 rings (SSSR count). The summed E-state index contributed by atoms with van der Waals surface area (Å²) < 4.78 is 16.6. The number of carbonyl (C=O) groups excluding carboxylic acids is 1. The quantitative estimate of drug-likeness (QED) is 0.544. The minimum atomic E-state index is -1.10. The van der Waals surface area contributed by atoms with E-state index >= 15 is 0 Å². The second-order valence-electron chi connectivity index (χ2n) is 7.07. The number of hydrogen-bond donors (Lipinski definition) is 3. The topological polar surface area (TPSA) is 120 Å². The van der Waals surface area contributed by atoms with E-state index in [2.05, 4.69) is 5.32 Å². The Balaban J connectivity index is 2.26. The minimum Gasteiger partial charge on any atom is -0.492 e.